The number of benzene rings is 1. The zero-order valence-electron chi connectivity index (χ0n) is 10.7. The summed E-state index contributed by atoms with van der Waals surface area (Å²) in [7, 11) is 0. The summed E-state index contributed by atoms with van der Waals surface area (Å²) in [6.45, 7) is 10.3. The molecule has 3 heteroatoms. The zero-order valence-corrected chi connectivity index (χ0v) is 10.7. The fourth-order valence-corrected chi connectivity index (χ4v) is 1.51. The lowest BCUT2D eigenvalue weighted by molar-refractivity contribution is -0.134. The molecule has 0 unspecified atom stereocenters. The highest BCUT2D eigenvalue weighted by Gasteiger charge is 2.04. The average Bonchev–Trinajstić information content (AvgIpc) is 2.19. The third-order valence-electron chi connectivity index (χ3n) is 2.81. The van der Waals surface area contributed by atoms with Gasteiger partial charge in [-0.15, -0.1) is 0 Å². The molecule has 0 fully saturated rings. The van der Waals surface area contributed by atoms with Gasteiger partial charge in [-0.25, -0.2) is 0 Å². The summed E-state index contributed by atoms with van der Waals surface area (Å²) in [5.41, 5.74) is 12.4. The summed E-state index contributed by atoms with van der Waals surface area (Å²) >= 11 is 0. The van der Waals surface area contributed by atoms with Gasteiger partial charge in [0, 0.05) is 13.5 Å². The first kappa shape index (κ1) is 14.6. The molecular weight excluding hydrogens is 202 g/mol. The van der Waals surface area contributed by atoms with Gasteiger partial charge in [-0.1, -0.05) is 6.07 Å². The van der Waals surface area contributed by atoms with E-state index in [1.165, 1.54) is 27.8 Å². The number of rotatable bonds is 1. The van der Waals surface area contributed by atoms with E-state index in [0.29, 0.717) is 6.54 Å². The second-order valence-electron chi connectivity index (χ2n) is 3.95. The topological polar surface area (TPSA) is 63.3 Å². The molecule has 0 saturated carbocycles. The van der Waals surface area contributed by atoms with Gasteiger partial charge in [-0.3, -0.25) is 4.79 Å². The van der Waals surface area contributed by atoms with E-state index in [9.17, 15) is 0 Å². The van der Waals surface area contributed by atoms with Crippen LogP contribution in [0.2, 0.25) is 0 Å². The molecule has 0 amide bonds. The predicted octanol–water partition coefficient (Wildman–Crippen LogP) is 2.47. The standard InChI is InChI=1S/C11H17N.C2H4O2/c1-7-5-11(6-12)10(4)9(3)8(7)2;1-2(3)4/h5H,6,12H2,1-4H3;1H3,(H,3,4). The van der Waals surface area contributed by atoms with Crippen LogP contribution >= 0.6 is 0 Å². The van der Waals surface area contributed by atoms with Gasteiger partial charge in [-0.2, -0.15) is 0 Å². The van der Waals surface area contributed by atoms with Gasteiger partial charge < -0.3 is 10.8 Å². The van der Waals surface area contributed by atoms with E-state index in [2.05, 4.69) is 33.8 Å². The second kappa shape index (κ2) is 6.28. The molecule has 0 aliphatic rings. The first-order valence-electron chi connectivity index (χ1n) is 5.27. The molecule has 16 heavy (non-hydrogen) atoms. The Morgan fingerprint density at radius 1 is 1.19 bits per heavy atom. The third-order valence-corrected chi connectivity index (χ3v) is 2.81. The summed E-state index contributed by atoms with van der Waals surface area (Å²) in [5.74, 6) is -0.833. The van der Waals surface area contributed by atoms with Crippen LogP contribution in [-0.2, 0) is 11.3 Å². The van der Waals surface area contributed by atoms with Crippen LogP contribution in [0, 0.1) is 27.7 Å². The lowest BCUT2D eigenvalue weighted by Crippen LogP contribution is -2.03. The molecule has 0 radical (unpaired) electrons. The van der Waals surface area contributed by atoms with Gasteiger partial charge in [0.2, 0.25) is 0 Å². The van der Waals surface area contributed by atoms with Crippen LogP contribution in [0.4, 0.5) is 0 Å². The first-order valence-corrected chi connectivity index (χ1v) is 5.27. The van der Waals surface area contributed by atoms with Gasteiger partial charge in [0.1, 0.15) is 0 Å². The van der Waals surface area contributed by atoms with Crippen molar-refractivity contribution in [1.29, 1.82) is 0 Å². The summed E-state index contributed by atoms with van der Waals surface area (Å²) in [5, 5.41) is 7.42. The molecule has 0 spiro atoms. The van der Waals surface area contributed by atoms with Crippen LogP contribution in [0.5, 0.6) is 0 Å². The number of aryl methyl sites for hydroxylation is 1. The van der Waals surface area contributed by atoms with Gasteiger partial charge in [0.05, 0.1) is 0 Å². The molecule has 0 atom stereocenters. The van der Waals surface area contributed by atoms with Crippen molar-refractivity contribution in [3.05, 3.63) is 33.9 Å². The Morgan fingerprint density at radius 2 is 1.62 bits per heavy atom. The second-order valence-corrected chi connectivity index (χ2v) is 3.95. The lowest BCUT2D eigenvalue weighted by atomic mass is 9.95. The highest BCUT2D eigenvalue weighted by Crippen LogP contribution is 2.20. The normalized spacial score (nSPS) is 9.38. The molecule has 3 N–H and O–H groups in total. The van der Waals surface area contributed by atoms with E-state index in [4.69, 9.17) is 15.6 Å². The minimum atomic E-state index is -0.833. The van der Waals surface area contributed by atoms with Crippen molar-refractivity contribution in [2.75, 3.05) is 0 Å². The van der Waals surface area contributed by atoms with E-state index in [1.54, 1.807) is 0 Å². The average molecular weight is 223 g/mol. The van der Waals surface area contributed by atoms with E-state index in [-0.39, 0.29) is 0 Å². The van der Waals surface area contributed by atoms with E-state index in [1.807, 2.05) is 0 Å². The van der Waals surface area contributed by atoms with Gasteiger partial charge in [-0.05, 0) is 55.5 Å². The highest BCUT2D eigenvalue weighted by molar-refractivity contribution is 5.62. The molecule has 1 aromatic rings. The maximum Gasteiger partial charge on any atom is 0.300 e. The minimum absolute atomic E-state index is 0.647. The van der Waals surface area contributed by atoms with Crippen LogP contribution in [0.1, 0.15) is 34.7 Å². The number of aliphatic carboxylic acids is 1. The molecule has 0 aliphatic heterocycles. The Labute approximate surface area is 97.3 Å². The van der Waals surface area contributed by atoms with Crippen molar-refractivity contribution >= 4 is 5.97 Å². The maximum atomic E-state index is 9.00. The molecule has 3 nitrogen and oxygen atoms in total. The lowest BCUT2D eigenvalue weighted by Gasteiger charge is -2.12. The number of carboxylic acid groups (broad SMARTS) is 1. The predicted molar refractivity (Wildman–Crippen MR) is 66.6 cm³/mol. The van der Waals surface area contributed by atoms with Crippen LogP contribution in [0.3, 0.4) is 0 Å². The molecule has 0 bridgehead atoms. The van der Waals surface area contributed by atoms with Crippen LogP contribution in [-0.4, -0.2) is 11.1 Å². The fourth-order valence-electron chi connectivity index (χ4n) is 1.51. The summed E-state index contributed by atoms with van der Waals surface area (Å²) in [6.07, 6.45) is 0. The number of hydrogen-bond donors (Lipinski definition) is 2. The number of carbonyl (C=O) groups is 1. The van der Waals surface area contributed by atoms with Crippen molar-refractivity contribution in [2.45, 2.75) is 41.2 Å². The Bertz CT molecular complexity index is 380. The van der Waals surface area contributed by atoms with Crippen molar-refractivity contribution in [1.82, 2.24) is 0 Å². The number of hydrogen-bond acceptors (Lipinski definition) is 2. The third kappa shape index (κ3) is 4.03. The highest BCUT2D eigenvalue weighted by atomic mass is 16.4. The molecule has 1 rings (SSSR count). The summed E-state index contributed by atoms with van der Waals surface area (Å²) < 4.78 is 0. The first-order chi connectivity index (χ1) is 7.31. The Hall–Kier alpha value is -1.35. The molecule has 1 aromatic carbocycles. The zero-order chi connectivity index (χ0) is 12.9. The fraction of sp³-hybridized carbons (Fsp3) is 0.462. The van der Waals surface area contributed by atoms with E-state index >= 15 is 0 Å². The molecule has 0 saturated heterocycles. The molecular formula is C13H21NO2. The Balaban J connectivity index is 0.000000487. The monoisotopic (exact) mass is 223 g/mol. The van der Waals surface area contributed by atoms with Crippen molar-refractivity contribution in [3.63, 3.8) is 0 Å². The van der Waals surface area contributed by atoms with Crippen molar-refractivity contribution in [3.8, 4) is 0 Å². The summed E-state index contributed by atoms with van der Waals surface area (Å²) in [6, 6.07) is 2.19. The SMILES string of the molecule is CC(=O)O.Cc1cc(CN)c(C)c(C)c1C. The van der Waals surface area contributed by atoms with Crippen molar-refractivity contribution < 1.29 is 9.90 Å². The molecule has 90 valence electrons. The van der Waals surface area contributed by atoms with Crippen LogP contribution < -0.4 is 5.73 Å². The molecule has 0 heterocycles. The van der Waals surface area contributed by atoms with Crippen LogP contribution in [0.25, 0.3) is 0 Å². The van der Waals surface area contributed by atoms with Crippen molar-refractivity contribution in [2.24, 2.45) is 5.73 Å². The quantitative estimate of drug-likeness (QED) is 0.768. The Kier molecular flexibility index (Phi) is 5.75. The Morgan fingerprint density at radius 3 is 2.00 bits per heavy atom. The van der Waals surface area contributed by atoms with E-state index < -0.39 is 5.97 Å². The smallest absolute Gasteiger partial charge is 0.300 e. The van der Waals surface area contributed by atoms with Gasteiger partial charge in [0.25, 0.3) is 5.97 Å². The number of nitrogens with two attached hydrogens (primary N) is 1. The van der Waals surface area contributed by atoms with Gasteiger partial charge in [0.15, 0.2) is 0 Å². The van der Waals surface area contributed by atoms with Gasteiger partial charge >= 0.3 is 0 Å². The maximum absolute atomic E-state index is 9.00. The largest absolute Gasteiger partial charge is 0.481 e. The molecule has 0 aliphatic carbocycles. The molecule has 0 aromatic heterocycles. The van der Waals surface area contributed by atoms with E-state index in [0.717, 1.165) is 6.92 Å². The number of carboxylic acids is 1. The van der Waals surface area contributed by atoms with Crippen LogP contribution in [0.15, 0.2) is 6.07 Å². The minimum Gasteiger partial charge on any atom is -0.481 e. The summed E-state index contributed by atoms with van der Waals surface area (Å²) in [4.78, 5) is 9.00.